The summed E-state index contributed by atoms with van der Waals surface area (Å²) in [7, 11) is 0. The second-order valence-corrected chi connectivity index (χ2v) is 6.68. The van der Waals surface area contributed by atoms with Crippen molar-refractivity contribution < 1.29 is 23.5 Å². The first-order valence-corrected chi connectivity index (χ1v) is 9.27. The number of hydrogen-bond acceptors (Lipinski definition) is 4. The highest BCUT2D eigenvalue weighted by Gasteiger charge is 2.26. The summed E-state index contributed by atoms with van der Waals surface area (Å²) in [4.78, 5) is 39.4. The van der Waals surface area contributed by atoms with E-state index in [4.69, 9.17) is 4.74 Å². The Morgan fingerprint density at radius 2 is 2.03 bits per heavy atom. The predicted molar refractivity (Wildman–Crippen MR) is 107 cm³/mol. The third kappa shape index (κ3) is 4.21. The van der Waals surface area contributed by atoms with Crippen LogP contribution in [-0.2, 0) is 14.3 Å². The minimum absolute atomic E-state index is 0.0848. The molecule has 152 valence electrons. The van der Waals surface area contributed by atoms with Gasteiger partial charge in [-0.3, -0.25) is 14.4 Å². The molecule has 0 spiro atoms. The molecule has 3 N–H and O–H groups in total. The van der Waals surface area contributed by atoms with Crippen molar-refractivity contribution in [3.05, 3.63) is 52.1 Å². The number of carbonyl (C=O) groups is 3. The van der Waals surface area contributed by atoms with Gasteiger partial charge in [0.1, 0.15) is 5.82 Å². The van der Waals surface area contributed by atoms with Crippen LogP contribution in [0.4, 0.5) is 10.1 Å². The fourth-order valence-electron chi connectivity index (χ4n) is 3.31. The van der Waals surface area contributed by atoms with Crippen LogP contribution in [0.3, 0.4) is 0 Å². The molecule has 2 aromatic rings. The molecule has 1 aliphatic rings. The number of aromatic amines is 1. The van der Waals surface area contributed by atoms with Crippen molar-refractivity contribution in [2.75, 3.05) is 18.5 Å². The molecule has 1 aromatic heterocycles. The Morgan fingerprint density at radius 3 is 2.76 bits per heavy atom. The van der Waals surface area contributed by atoms with Gasteiger partial charge in [-0.05, 0) is 50.6 Å². The molecule has 0 saturated heterocycles. The SMILES string of the molecule is CCOC(=O)CCNC(=O)c1c(C)[nH]c(C=C2C(=O)Nc3ccc(F)cc32)c1C. The molecule has 0 fully saturated rings. The van der Waals surface area contributed by atoms with Crippen LogP contribution in [0.1, 0.15) is 46.2 Å². The number of anilines is 1. The number of benzene rings is 1. The molecule has 29 heavy (non-hydrogen) atoms. The predicted octanol–water partition coefficient (Wildman–Crippen LogP) is 2.95. The van der Waals surface area contributed by atoms with Crippen molar-refractivity contribution in [3.63, 3.8) is 0 Å². The molecule has 0 radical (unpaired) electrons. The molecule has 1 aliphatic heterocycles. The molecule has 0 unspecified atom stereocenters. The summed E-state index contributed by atoms with van der Waals surface area (Å²) >= 11 is 0. The van der Waals surface area contributed by atoms with Gasteiger partial charge in [0.2, 0.25) is 0 Å². The topological polar surface area (TPSA) is 100 Å². The molecular formula is C21H22FN3O4. The lowest BCUT2D eigenvalue weighted by molar-refractivity contribution is -0.142. The molecule has 2 heterocycles. The largest absolute Gasteiger partial charge is 0.466 e. The number of aryl methyl sites for hydroxylation is 1. The van der Waals surface area contributed by atoms with E-state index in [-0.39, 0.29) is 30.7 Å². The summed E-state index contributed by atoms with van der Waals surface area (Å²) in [6.45, 7) is 5.68. The molecule has 1 aromatic carbocycles. The number of nitrogens with one attached hydrogen (secondary N) is 3. The van der Waals surface area contributed by atoms with E-state index in [1.54, 1.807) is 26.8 Å². The summed E-state index contributed by atoms with van der Waals surface area (Å²) in [6.07, 6.45) is 1.69. The number of ether oxygens (including phenoxy) is 1. The normalized spacial score (nSPS) is 13.9. The van der Waals surface area contributed by atoms with Gasteiger partial charge in [-0.15, -0.1) is 0 Å². The van der Waals surface area contributed by atoms with Gasteiger partial charge >= 0.3 is 5.97 Å². The Labute approximate surface area is 167 Å². The average Bonchev–Trinajstić information content (AvgIpc) is 3.11. The fraction of sp³-hybridized carbons (Fsp3) is 0.286. The third-order valence-electron chi connectivity index (χ3n) is 4.68. The fourth-order valence-corrected chi connectivity index (χ4v) is 3.31. The summed E-state index contributed by atoms with van der Waals surface area (Å²) in [5, 5.41) is 5.40. The van der Waals surface area contributed by atoms with Gasteiger partial charge < -0.3 is 20.4 Å². The molecule has 8 heteroatoms. The van der Waals surface area contributed by atoms with Gasteiger partial charge in [0.15, 0.2) is 0 Å². The van der Waals surface area contributed by atoms with Crippen molar-refractivity contribution in [2.24, 2.45) is 0 Å². The number of carbonyl (C=O) groups excluding carboxylic acids is 3. The Kier molecular flexibility index (Phi) is 5.81. The molecule has 3 rings (SSSR count). The zero-order valence-corrected chi connectivity index (χ0v) is 16.4. The minimum Gasteiger partial charge on any atom is -0.466 e. The van der Waals surface area contributed by atoms with E-state index >= 15 is 0 Å². The van der Waals surface area contributed by atoms with E-state index in [0.717, 1.165) is 0 Å². The Hall–Kier alpha value is -3.42. The van der Waals surface area contributed by atoms with E-state index in [1.165, 1.54) is 18.2 Å². The van der Waals surface area contributed by atoms with Gasteiger partial charge in [0.05, 0.1) is 24.2 Å². The maximum absolute atomic E-state index is 13.6. The first kappa shape index (κ1) is 20.3. The lowest BCUT2D eigenvalue weighted by Gasteiger charge is -2.06. The summed E-state index contributed by atoms with van der Waals surface area (Å²) in [5.74, 6) is -1.48. The van der Waals surface area contributed by atoms with Gasteiger partial charge in [-0.25, -0.2) is 4.39 Å². The first-order chi connectivity index (χ1) is 13.8. The van der Waals surface area contributed by atoms with E-state index in [2.05, 4.69) is 15.6 Å². The summed E-state index contributed by atoms with van der Waals surface area (Å²) in [6, 6.07) is 4.09. The van der Waals surface area contributed by atoms with Crippen LogP contribution in [0.25, 0.3) is 11.6 Å². The monoisotopic (exact) mass is 399 g/mol. The zero-order chi connectivity index (χ0) is 21.1. The highest BCUT2D eigenvalue weighted by atomic mass is 19.1. The number of hydrogen-bond donors (Lipinski definition) is 3. The quantitative estimate of drug-likeness (QED) is 0.514. The molecule has 0 saturated carbocycles. The number of amides is 2. The lowest BCUT2D eigenvalue weighted by atomic mass is 10.0. The van der Waals surface area contributed by atoms with Gasteiger partial charge in [0.25, 0.3) is 11.8 Å². The van der Waals surface area contributed by atoms with Crippen molar-refractivity contribution in [3.8, 4) is 0 Å². The van der Waals surface area contributed by atoms with Crippen LogP contribution in [0.2, 0.25) is 0 Å². The summed E-state index contributed by atoms with van der Waals surface area (Å²) in [5.41, 5.74) is 3.64. The Balaban J connectivity index is 1.82. The van der Waals surface area contributed by atoms with Crippen LogP contribution in [0.15, 0.2) is 18.2 Å². The van der Waals surface area contributed by atoms with Crippen molar-refractivity contribution in [1.82, 2.24) is 10.3 Å². The van der Waals surface area contributed by atoms with Crippen LogP contribution < -0.4 is 10.6 Å². The van der Waals surface area contributed by atoms with Crippen molar-refractivity contribution in [2.45, 2.75) is 27.2 Å². The second-order valence-electron chi connectivity index (χ2n) is 6.68. The van der Waals surface area contributed by atoms with E-state index in [9.17, 15) is 18.8 Å². The molecule has 0 aliphatic carbocycles. The van der Waals surface area contributed by atoms with Crippen LogP contribution in [-0.4, -0.2) is 35.9 Å². The third-order valence-corrected chi connectivity index (χ3v) is 4.68. The lowest BCUT2D eigenvalue weighted by Crippen LogP contribution is -2.27. The van der Waals surface area contributed by atoms with E-state index < -0.39 is 5.82 Å². The van der Waals surface area contributed by atoms with Crippen molar-refractivity contribution >= 4 is 35.1 Å². The molecule has 2 amide bonds. The van der Waals surface area contributed by atoms with E-state index in [0.29, 0.717) is 45.9 Å². The molecule has 0 atom stereocenters. The maximum atomic E-state index is 13.6. The maximum Gasteiger partial charge on any atom is 0.307 e. The Bertz CT molecular complexity index is 1020. The molecule has 7 nitrogen and oxygen atoms in total. The summed E-state index contributed by atoms with van der Waals surface area (Å²) < 4.78 is 18.5. The van der Waals surface area contributed by atoms with Gasteiger partial charge in [-0.2, -0.15) is 0 Å². The zero-order valence-electron chi connectivity index (χ0n) is 16.4. The number of rotatable bonds is 6. The highest BCUT2D eigenvalue weighted by Crippen LogP contribution is 2.34. The number of H-pyrrole nitrogens is 1. The first-order valence-electron chi connectivity index (χ1n) is 9.27. The van der Waals surface area contributed by atoms with Crippen LogP contribution in [0, 0.1) is 19.7 Å². The average molecular weight is 399 g/mol. The number of esters is 1. The standard InChI is InChI=1S/C21H22FN3O4/c1-4-29-18(26)7-8-23-21(28)19-11(2)17(24-12(19)3)10-15-14-9-13(22)5-6-16(14)25-20(15)27/h5-6,9-10,24H,4,7-8H2,1-3H3,(H,23,28)(H,25,27). The van der Waals surface area contributed by atoms with Gasteiger partial charge in [0, 0.05) is 29.2 Å². The number of halogens is 1. The van der Waals surface area contributed by atoms with Gasteiger partial charge in [-0.1, -0.05) is 0 Å². The number of aromatic nitrogens is 1. The minimum atomic E-state index is -0.438. The van der Waals surface area contributed by atoms with Crippen molar-refractivity contribution in [1.29, 1.82) is 0 Å². The highest BCUT2D eigenvalue weighted by molar-refractivity contribution is 6.34. The van der Waals surface area contributed by atoms with Crippen LogP contribution >= 0.6 is 0 Å². The second kappa shape index (κ2) is 8.30. The molecule has 0 bridgehead atoms. The smallest absolute Gasteiger partial charge is 0.307 e. The van der Waals surface area contributed by atoms with E-state index in [1.807, 2.05) is 0 Å². The van der Waals surface area contributed by atoms with Crippen LogP contribution in [0.5, 0.6) is 0 Å². The Morgan fingerprint density at radius 1 is 1.28 bits per heavy atom. The molecular weight excluding hydrogens is 377 g/mol. The number of fused-ring (bicyclic) bond motifs is 1.